The number of benzene rings is 1. The van der Waals surface area contributed by atoms with Gasteiger partial charge in [-0.2, -0.15) is 0 Å². The van der Waals surface area contributed by atoms with Gasteiger partial charge in [0.2, 0.25) is 0 Å². The van der Waals surface area contributed by atoms with Crippen LogP contribution in [-0.2, 0) is 19.7 Å². The molecular weight excluding hydrogens is 456 g/mol. The lowest BCUT2D eigenvalue weighted by atomic mass is 10.0. The van der Waals surface area contributed by atoms with Crippen LogP contribution in [0.5, 0.6) is 5.75 Å². The van der Waals surface area contributed by atoms with Gasteiger partial charge in [-0.3, -0.25) is 4.90 Å². The Labute approximate surface area is 189 Å². The van der Waals surface area contributed by atoms with Crippen LogP contribution in [-0.4, -0.2) is 71.3 Å². The molecule has 0 radical (unpaired) electrons. The second-order valence-electron chi connectivity index (χ2n) is 7.62. The maximum Gasteiger partial charge on any atom is 0.193 e. The lowest BCUT2D eigenvalue weighted by Crippen LogP contribution is -2.46. The lowest BCUT2D eigenvalue weighted by molar-refractivity contribution is 0.209. The molecule has 2 heterocycles. The Hall–Kier alpha value is -1.46. The number of hydrogen-bond donors (Lipinski definition) is 1. The SMILES string of the molecule is CCN(CC)C(CN[C@H]1CS(=O)(=O)C[C@@H]1S(=O)(=O)c1cccs1)c1ccc(OC)cc1. The summed E-state index contributed by atoms with van der Waals surface area (Å²) in [5, 5.41) is 4.02. The largest absolute Gasteiger partial charge is 0.497 e. The number of sulfone groups is 2. The Morgan fingerprint density at radius 3 is 2.39 bits per heavy atom. The van der Waals surface area contributed by atoms with E-state index in [0.717, 1.165) is 35.7 Å². The molecule has 1 aromatic heterocycles. The number of thiophene rings is 1. The summed E-state index contributed by atoms with van der Waals surface area (Å²) >= 11 is 1.13. The Morgan fingerprint density at radius 2 is 1.84 bits per heavy atom. The van der Waals surface area contributed by atoms with Crippen molar-refractivity contribution in [2.24, 2.45) is 0 Å². The number of likely N-dealkylation sites (N-methyl/N-ethyl adjacent to an activating group) is 1. The van der Waals surface area contributed by atoms with E-state index in [1.807, 2.05) is 24.3 Å². The number of rotatable bonds is 10. The van der Waals surface area contributed by atoms with Gasteiger partial charge in [0, 0.05) is 18.6 Å². The van der Waals surface area contributed by atoms with E-state index in [9.17, 15) is 16.8 Å². The third kappa shape index (κ3) is 5.48. The number of nitrogens with zero attached hydrogens (tertiary/aromatic N) is 1. The van der Waals surface area contributed by atoms with Gasteiger partial charge < -0.3 is 10.1 Å². The van der Waals surface area contributed by atoms with Crippen molar-refractivity contribution in [3.8, 4) is 5.75 Å². The molecule has 1 aliphatic rings. The first-order valence-electron chi connectivity index (χ1n) is 10.3. The maximum absolute atomic E-state index is 13.1. The zero-order chi connectivity index (χ0) is 22.6. The van der Waals surface area contributed by atoms with E-state index in [0.29, 0.717) is 6.54 Å². The van der Waals surface area contributed by atoms with Gasteiger partial charge in [0.25, 0.3) is 0 Å². The Kier molecular flexibility index (Phi) is 7.80. The molecule has 3 rings (SSSR count). The van der Waals surface area contributed by atoms with Crippen molar-refractivity contribution in [2.75, 3.05) is 38.2 Å². The summed E-state index contributed by atoms with van der Waals surface area (Å²) in [4.78, 5) is 2.26. The van der Waals surface area contributed by atoms with E-state index in [1.54, 1.807) is 18.6 Å². The molecule has 1 saturated heterocycles. The highest BCUT2D eigenvalue weighted by atomic mass is 32.2. The molecule has 0 spiro atoms. The molecule has 0 saturated carbocycles. The summed E-state index contributed by atoms with van der Waals surface area (Å²) in [6.07, 6.45) is 0. The summed E-state index contributed by atoms with van der Waals surface area (Å²) in [7, 11) is -5.54. The summed E-state index contributed by atoms with van der Waals surface area (Å²) in [6, 6.07) is 10.3. The molecule has 10 heteroatoms. The van der Waals surface area contributed by atoms with Gasteiger partial charge in [-0.1, -0.05) is 32.0 Å². The molecule has 1 unspecified atom stereocenters. The molecule has 0 bridgehead atoms. The molecule has 0 aliphatic carbocycles. The topological polar surface area (TPSA) is 92.8 Å². The molecule has 1 aliphatic heterocycles. The van der Waals surface area contributed by atoms with Crippen LogP contribution in [0.1, 0.15) is 25.5 Å². The highest BCUT2D eigenvalue weighted by Gasteiger charge is 2.46. The average molecular weight is 487 g/mol. The summed E-state index contributed by atoms with van der Waals surface area (Å²) < 4.78 is 56.4. The van der Waals surface area contributed by atoms with Crippen LogP contribution in [0.3, 0.4) is 0 Å². The van der Waals surface area contributed by atoms with Crippen LogP contribution in [0.25, 0.3) is 0 Å². The number of hydrogen-bond acceptors (Lipinski definition) is 8. The van der Waals surface area contributed by atoms with Crippen LogP contribution < -0.4 is 10.1 Å². The fourth-order valence-electron chi connectivity index (χ4n) is 4.10. The van der Waals surface area contributed by atoms with Gasteiger partial charge in [0.05, 0.1) is 23.9 Å². The molecule has 7 nitrogen and oxygen atoms in total. The summed E-state index contributed by atoms with van der Waals surface area (Å²) in [5.74, 6) is 0.248. The van der Waals surface area contributed by atoms with E-state index in [2.05, 4.69) is 24.1 Å². The van der Waals surface area contributed by atoms with Crippen molar-refractivity contribution < 1.29 is 21.6 Å². The number of nitrogens with one attached hydrogen (secondary N) is 1. The van der Waals surface area contributed by atoms with Crippen molar-refractivity contribution in [3.05, 3.63) is 47.3 Å². The Balaban J connectivity index is 1.84. The van der Waals surface area contributed by atoms with Gasteiger partial charge in [-0.15, -0.1) is 11.3 Å². The second kappa shape index (κ2) is 9.99. The lowest BCUT2D eigenvalue weighted by Gasteiger charge is -2.32. The minimum Gasteiger partial charge on any atom is -0.497 e. The van der Waals surface area contributed by atoms with Crippen LogP contribution in [0.15, 0.2) is 46.0 Å². The molecule has 1 fully saturated rings. The van der Waals surface area contributed by atoms with Gasteiger partial charge >= 0.3 is 0 Å². The minimum absolute atomic E-state index is 0.0192. The average Bonchev–Trinajstić information content (AvgIpc) is 3.40. The number of methoxy groups -OCH3 is 1. The standard InChI is InChI=1S/C21H30N2O5S3/c1-4-23(5-2)19(16-8-10-17(28-3)11-9-16)13-22-18-14-30(24,25)15-20(18)31(26,27)21-7-6-12-29-21/h6-12,18-20,22H,4-5,13-15H2,1-3H3/t18-,19?,20-/m0/s1. The Bertz CT molecular complexity index is 1050. The first-order valence-corrected chi connectivity index (χ1v) is 14.6. The molecular formula is C21H30N2O5S3. The molecule has 1 aromatic carbocycles. The fourth-order valence-corrected chi connectivity index (χ4v) is 10.0. The van der Waals surface area contributed by atoms with Gasteiger partial charge in [0.15, 0.2) is 19.7 Å². The van der Waals surface area contributed by atoms with Crippen molar-refractivity contribution in [2.45, 2.75) is 35.4 Å². The van der Waals surface area contributed by atoms with E-state index in [-0.39, 0.29) is 21.8 Å². The normalized spacial score (nSPS) is 21.9. The van der Waals surface area contributed by atoms with Crippen molar-refractivity contribution in [3.63, 3.8) is 0 Å². The zero-order valence-electron chi connectivity index (χ0n) is 18.0. The van der Waals surface area contributed by atoms with Crippen molar-refractivity contribution in [1.82, 2.24) is 10.2 Å². The predicted molar refractivity (Wildman–Crippen MR) is 124 cm³/mol. The van der Waals surface area contributed by atoms with Gasteiger partial charge in [0.1, 0.15) is 9.96 Å². The first kappa shape index (κ1) is 24.2. The van der Waals surface area contributed by atoms with Gasteiger partial charge in [-0.25, -0.2) is 16.8 Å². The van der Waals surface area contributed by atoms with Crippen molar-refractivity contribution >= 4 is 31.0 Å². The summed E-state index contributed by atoms with van der Waals surface area (Å²) in [6.45, 7) is 6.22. The van der Waals surface area contributed by atoms with Crippen LogP contribution in [0, 0.1) is 0 Å². The van der Waals surface area contributed by atoms with E-state index in [4.69, 9.17) is 4.74 Å². The molecule has 1 N–H and O–H groups in total. The predicted octanol–water partition coefficient (Wildman–Crippen LogP) is 2.37. The monoisotopic (exact) mass is 486 g/mol. The van der Waals surface area contributed by atoms with Gasteiger partial charge in [-0.05, 0) is 42.2 Å². The zero-order valence-corrected chi connectivity index (χ0v) is 20.5. The molecule has 172 valence electrons. The van der Waals surface area contributed by atoms with E-state index in [1.165, 1.54) is 6.07 Å². The first-order chi connectivity index (χ1) is 14.7. The van der Waals surface area contributed by atoms with Crippen LogP contribution in [0.2, 0.25) is 0 Å². The Morgan fingerprint density at radius 1 is 1.16 bits per heavy atom. The molecule has 2 aromatic rings. The van der Waals surface area contributed by atoms with E-state index >= 15 is 0 Å². The molecule has 31 heavy (non-hydrogen) atoms. The van der Waals surface area contributed by atoms with Crippen molar-refractivity contribution in [1.29, 1.82) is 0 Å². The molecule has 0 amide bonds. The third-order valence-electron chi connectivity index (χ3n) is 5.80. The summed E-state index contributed by atoms with van der Waals surface area (Å²) in [5.41, 5.74) is 1.07. The third-order valence-corrected chi connectivity index (χ3v) is 11.4. The second-order valence-corrected chi connectivity index (χ2v) is 13.1. The fraction of sp³-hybridized carbons (Fsp3) is 0.524. The smallest absolute Gasteiger partial charge is 0.193 e. The highest BCUT2D eigenvalue weighted by molar-refractivity contribution is 7.97. The highest BCUT2D eigenvalue weighted by Crippen LogP contribution is 2.29. The van der Waals surface area contributed by atoms with Crippen LogP contribution >= 0.6 is 11.3 Å². The van der Waals surface area contributed by atoms with E-state index < -0.39 is 31.0 Å². The van der Waals surface area contributed by atoms with Crippen LogP contribution in [0.4, 0.5) is 0 Å². The number of ether oxygens (including phenoxy) is 1. The quantitative estimate of drug-likeness (QED) is 0.551. The minimum atomic E-state index is -3.72. The molecule has 3 atom stereocenters. The maximum atomic E-state index is 13.1.